The maximum atomic E-state index is 5.09. The summed E-state index contributed by atoms with van der Waals surface area (Å²) in [6.45, 7) is 0. The van der Waals surface area contributed by atoms with E-state index in [0.29, 0.717) is 0 Å². The van der Waals surface area contributed by atoms with Crippen molar-refractivity contribution in [3.8, 4) is 0 Å². The van der Waals surface area contributed by atoms with Crippen molar-refractivity contribution >= 4 is 44.0 Å². The average molecular weight is 241 g/mol. The molecular formula is C14H9S2. The van der Waals surface area contributed by atoms with Crippen LogP contribution in [0.2, 0.25) is 0 Å². The summed E-state index contributed by atoms with van der Waals surface area (Å²) in [5, 5.41) is 5.06. The molecule has 0 saturated heterocycles. The Morgan fingerprint density at radius 3 is 2.19 bits per heavy atom. The predicted octanol–water partition coefficient (Wildman–Crippen LogP) is 5.20. The lowest BCUT2D eigenvalue weighted by molar-refractivity contribution is 1.57. The molecule has 0 spiro atoms. The second-order valence-corrected chi connectivity index (χ2v) is 4.87. The monoisotopic (exact) mass is 241 g/mol. The first-order valence-corrected chi connectivity index (χ1v) is 6.84. The summed E-state index contributed by atoms with van der Waals surface area (Å²) in [6.07, 6.45) is 0. The van der Waals surface area contributed by atoms with Gasteiger partial charge in [-0.2, -0.15) is 0 Å². The zero-order chi connectivity index (χ0) is 11.0. The molecule has 3 aromatic carbocycles. The van der Waals surface area contributed by atoms with Gasteiger partial charge in [0.25, 0.3) is 0 Å². The van der Waals surface area contributed by atoms with E-state index in [2.05, 4.69) is 54.6 Å². The van der Waals surface area contributed by atoms with Gasteiger partial charge in [0.15, 0.2) is 0 Å². The van der Waals surface area contributed by atoms with Crippen LogP contribution in [-0.4, -0.2) is 0 Å². The molecular weight excluding hydrogens is 232 g/mol. The van der Waals surface area contributed by atoms with Crippen molar-refractivity contribution in [2.45, 2.75) is 4.90 Å². The Labute approximate surface area is 103 Å². The van der Waals surface area contributed by atoms with Crippen molar-refractivity contribution in [3.05, 3.63) is 54.6 Å². The molecule has 0 aliphatic carbocycles. The third-order valence-electron chi connectivity index (χ3n) is 2.80. The molecule has 0 N–H and O–H groups in total. The van der Waals surface area contributed by atoms with E-state index in [1.807, 2.05) is 0 Å². The number of benzene rings is 3. The lowest BCUT2D eigenvalue weighted by Gasteiger charge is -2.05. The smallest absolute Gasteiger partial charge is 0.0270 e. The molecule has 0 fully saturated rings. The predicted molar refractivity (Wildman–Crippen MR) is 74.9 cm³/mol. The van der Waals surface area contributed by atoms with Crippen molar-refractivity contribution in [2.75, 3.05) is 0 Å². The van der Waals surface area contributed by atoms with E-state index in [4.69, 9.17) is 11.7 Å². The van der Waals surface area contributed by atoms with E-state index in [1.54, 1.807) is 0 Å². The fourth-order valence-electron chi connectivity index (χ4n) is 2.01. The molecule has 2 heteroatoms. The van der Waals surface area contributed by atoms with Crippen LogP contribution in [-0.2, 0) is 0 Å². The van der Waals surface area contributed by atoms with Crippen LogP contribution in [0.3, 0.4) is 0 Å². The van der Waals surface area contributed by atoms with Crippen LogP contribution < -0.4 is 0 Å². The van der Waals surface area contributed by atoms with E-state index in [0.717, 1.165) is 0 Å². The highest BCUT2D eigenvalue weighted by atomic mass is 33.1. The largest absolute Gasteiger partial charge is 0.0616 e. The van der Waals surface area contributed by atoms with Gasteiger partial charge in [-0.15, -0.1) is 0 Å². The Hall–Kier alpha value is -1.12. The summed E-state index contributed by atoms with van der Waals surface area (Å²) < 4.78 is 0. The first-order valence-electron chi connectivity index (χ1n) is 5.10. The summed E-state index contributed by atoms with van der Waals surface area (Å²) >= 11 is 5.09. The van der Waals surface area contributed by atoms with Gasteiger partial charge in [-0.1, -0.05) is 36.4 Å². The van der Waals surface area contributed by atoms with Crippen molar-refractivity contribution in [2.24, 2.45) is 0 Å². The Morgan fingerprint density at radius 1 is 0.750 bits per heavy atom. The summed E-state index contributed by atoms with van der Waals surface area (Å²) in [5.41, 5.74) is 0. The Bertz CT molecular complexity index is 659. The van der Waals surface area contributed by atoms with Crippen LogP contribution in [0.1, 0.15) is 0 Å². The summed E-state index contributed by atoms with van der Waals surface area (Å²) in [5.74, 6) is 0. The lowest BCUT2D eigenvalue weighted by Crippen LogP contribution is -1.78. The molecule has 3 aromatic rings. The number of hydrogen-bond acceptors (Lipinski definition) is 1. The van der Waals surface area contributed by atoms with Gasteiger partial charge in [0, 0.05) is 4.90 Å². The van der Waals surface area contributed by atoms with Crippen LogP contribution in [0.15, 0.2) is 59.5 Å². The quantitative estimate of drug-likeness (QED) is 0.417. The zero-order valence-corrected chi connectivity index (χ0v) is 10.1. The highest BCUT2D eigenvalue weighted by Crippen LogP contribution is 2.32. The van der Waals surface area contributed by atoms with Gasteiger partial charge < -0.3 is 0 Å². The minimum absolute atomic E-state index is 1.17. The first kappa shape index (κ1) is 10.1. The number of fused-ring (bicyclic) bond motifs is 2. The number of hydrogen-bond donors (Lipinski definition) is 0. The molecule has 77 valence electrons. The first-order chi connectivity index (χ1) is 7.88. The van der Waals surface area contributed by atoms with Gasteiger partial charge in [-0.3, -0.25) is 0 Å². The minimum Gasteiger partial charge on any atom is -0.0616 e. The second-order valence-electron chi connectivity index (χ2n) is 3.76. The Balaban J connectivity index is 2.46. The molecule has 0 heterocycles. The number of rotatable bonds is 1. The van der Waals surface area contributed by atoms with E-state index in [9.17, 15) is 0 Å². The fraction of sp³-hybridized carbons (Fsp3) is 0. The van der Waals surface area contributed by atoms with E-state index >= 15 is 0 Å². The normalized spacial score (nSPS) is 11.1. The summed E-state index contributed by atoms with van der Waals surface area (Å²) in [4.78, 5) is 1.17. The van der Waals surface area contributed by atoms with Gasteiger partial charge in [0.2, 0.25) is 0 Å². The molecule has 0 bridgehead atoms. The average Bonchev–Trinajstić information content (AvgIpc) is 2.35. The van der Waals surface area contributed by atoms with Crippen LogP contribution in [0.25, 0.3) is 21.5 Å². The molecule has 1 radical (unpaired) electrons. The highest BCUT2D eigenvalue weighted by molar-refractivity contribution is 8.68. The minimum atomic E-state index is 1.17. The van der Waals surface area contributed by atoms with Crippen LogP contribution in [0.4, 0.5) is 0 Å². The Kier molecular flexibility index (Phi) is 2.54. The molecule has 0 saturated carbocycles. The van der Waals surface area contributed by atoms with Crippen LogP contribution in [0.5, 0.6) is 0 Å². The molecule has 0 aliphatic rings. The SMILES string of the molecule is [S]Sc1cccc2cc3ccccc3cc12. The van der Waals surface area contributed by atoms with Crippen LogP contribution >= 0.6 is 22.5 Å². The third-order valence-corrected chi connectivity index (χ3v) is 3.87. The molecule has 0 nitrogen and oxygen atoms in total. The highest BCUT2D eigenvalue weighted by Gasteiger charge is 2.02. The second kappa shape index (κ2) is 4.04. The van der Waals surface area contributed by atoms with Crippen molar-refractivity contribution < 1.29 is 0 Å². The summed E-state index contributed by atoms with van der Waals surface area (Å²) in [6, 6.07) is 19.1. The molecule has 16 heavy (non-hydrogen) atoms. The van der Waals surface area contributed by atoms with Crippen molar-refractivity contribution in [3.63, 3.8) is 0 Å². The van der Waals surface area contributed by atoms with Crippen molar-refractivity contribution in [1.29, 1.82) is 0 Å². The molecule has 0 aromatic heterocycles. The maximum absolute atomic E-state index is 5.09. The summed E-state index contributed by atoms with van der Waals surface area (Å²) in [7, 11) is 1.39. The van der Waals surface area contributed by atoms with Crippen molar-refractivity contribution in [1.82, 2.24) is 0 Å². The molecule has 3 rings (SSSR count). The van der Waals surface area contributed by atoms with Gasteiger partial charge in [-0.25, -0.2) is 0 Å². The maximum Gasteiger partial charge on any atom is 0.0270 e. The Morgan fingerprint density at radius 2 is 1.44 bits per heavy atom. The van der Waals surface area contributed by atoms with E-state index in [-0.39, 0.29) is 0 Å². The van der Waals surface area contributed by atoms with Gasteiger partial charge in [0.1, 0.15) is 0 Å². The van der Waals surface area contributed by atoms with E-state index in [1.165, 1.54) is 37.2 Å². The van der Waals surface area contributed by atoms with Crippen LogP contribution in [0, 0.1) is 0 Å². The fourth-order valence-corrected chi connectivity index (χ4v) is 2.85. The topological polar surface area (TPSA) is 0 Å². The van der Waals surface area contributed by atoms with Gasteiger partial charge >= 0.3 is 0 Å². The standard InChI is InChI=1S/C14H9S2/c15-16-14-7-3-6-12-8-10-4-1-2-5-11(10)9-13(12)14/h1-9H. The van der Waals surface area contributed by atoms with Gasteiger partial charge in [-0.05, 0) is 62.2 Å². The molecule has 0 unspecified atom stereocenters. The van der Waals surface area contributed by atoms with Gasteiger partial charge in [0.05, 0.1) is 0 Å². The zero-order valence-electron chi connectivity index (χ0n) is 8.51. The molecule has 0 aliphatic heterocycles. The molecule has 0 atom stereocenters. The lowest BCUT2D eigenvalue weighted by atomic mass is 10.0. The molecule has 0 amide bonds. The van der Waals surface area contributed by atoms with E-state index < -0.39 is 0 Å². The third kappa shape index (κ3) is 1.58.